The van der Waals surface area contributed by atoms with Gasteiger partial charge < -0.3 is 4.74 Å². The normalized spacial score (nSPS) is 21.9. The lowest BCUT2D eigenvalue weighted by atomic mass is 9.96. The second kappa shape index (κ2) is 3.59. The molecule has 0 bridgehead atoms. The van der Waals surface area contributed by atoms with E-state index in [1.165, 1.54) is 0 Å². The zero-order valence-corrected chi connectivity index (χ0v) is 7.31. The number of nitrogens with zero attached hydrogens (tertiary/aromatic N) is 1. The first-order valence-corrected chi connectivity index (χ1v) is 4.46. The molecule has 2 nitrogen and oxygen atoms in total. The highest BCUT2D eigenvalue weighted by atomic mass is 16.6. The fourth-order valence-corrected chi connectivity index (χ4v) is 1.42. The molecule has 0 spiro atoms. The second-order valence-corrected chi connectivity index (χ2v) is 3.28. The van der Waals surface area contributed by atoms with Crippen LogP contribution in [-0.2, 0) is 4.74 Å². The van der Waals surface area contributed by atoms with E-state index in [9.17, 15) is 0 Å². The molecule has 2 atom stereocenters. The summed E-state index contributed by atoms with van der Waals surface area (Å²) in [5.41, 5.74) is 1.10. The van der Waals surface area contributed by atoms with Crippen molar-refractivity contribution in [3.05, 3.63) is 35.9 Å². The van der Waals surface area contributed by atoms with Gasteiger partial charge in [0.1, 0.15) is 0 Å². The molecule has 1 aromatic carbocycles. The van der Waals surface area contributed by atoms with Gasteiger partial charge in [0.25, 0.3) is 0 Å². The van der Waals surface area contributed by atoms with Crippen molar-refractivity contribution >= 4 is 0 Å². The molecule has 1 saturated heterocycles. The Labute approximate surface area is 77.8 Å². The van der Waals surface area contributed by atoms with Crippen molar-refractivity contribution in [2.45, 2.75) is 18.4 Å². The summed E-state index contributed by atoms with van der Waals surface area (Å²) in [6.45, 7) is 0.824. The maximum absolute atomic E-state index is 8.95. The van der Waals surface area contributed by atoms with Gasteiger partial charge in [-0.2, -0.15) is 5.26 Å². The van der Waals surface area contributed by atoms with Gasteiger partial charge >= 0.3 is 0 Å². The molecule has 2 heteroatoms. The van der Waals surface area contributed by atoms with Crippen LogP contribution in [0.3, 0.4) is 0 Å². The number of epoxide rings is 1. The predicted octanol–water partition coefficient (Wildman–Crippen LogP) is 2.08. The Morgan fingerprint density at radius 2 is 2.15 bits per heavy atom. The van der Waals surface area contributed by atoms with E-state index in [4.69, 9.17) is 10.00 Å². The summed E-state index contributed by atoms with van der Waals surface area (Å²) in [5, 5.41) is 8.95. The van der Waals surface area contributed by atoms with Crippen molar-refractivity contribution in [2.75, 3.05) is 6.61 Å². The van der Waals surface area contributed by atoms with Crippen LogP contribution in [0, 0.1) is 11.3 Å². The summed E-state index contributed by atoms with van der Waals surface area (Å²) >= 11 is 0. The average molecular weight is 173 g/mol. The highest BCUT2D eigenvalue weighted by Crippen LogP contribution is 2.26. The topological polar surface area (TPSA) is 36.3 Å². The van der Waals surface area contributed by atoms with E-state index in [2.05, 4.69) is 6.07 Å². The summed E-state index contributed by atoms with van der Waals surface area (Å²) in [7, 11) is 0. The van der Waals surface area contributed by atoms with Crippen molar-refractivity contribution in [1.82, 2.24) is 0 Å². The molecule has 1 aliphatic rings. The highest BCUT2D eigenvalue weighted by molar-refractivity contribution is 5.24. The predicted molar refractivity (Wildman–Crippen MR) is 49.2 cm³/mol. The van der Waals surface area contributed by atoms with Crippen LogP contribution >= 0.6 is 0 Å². The van der Waals surface area contributed by atoms with Gasteiger partial charge in [-0.05, 0) is 12.0 Å². The number of hydrogen-bond acceptors (Lipinski definition) is 2. The Balaban J connectivity index is 2.08. The van der Waals surface area contributed by atoms with Gasteiger partial charge in [0.05, 0.1) is 24.7 Å². The fraction of sp³-hybridized carbons (Fsp3) is 0.364. The highest BCUT2D eigenvalue weighted by Gasteiger charge is 2.27. The molecule has 0 unspecified atom stereocenters. The van der Waals surface area contributed by atoms with Crippen LogP contribution in [0.25, 0.3) is 0 Å². The van der Waals surface area contributed by atoms with E-state index >= 15 is 0 Å². The van der Waals surface area contributed by atoms with Gasteiger partial charge in [-0.25, -0.2) is 0 Å². The monoisotopic (exact) mass is 173 g/mol. The molecule has 0 aromatic heterocycles. The van der Waals surface area contributed by atoms with Crippen LogP contribution in [0.1, 0.15) is 17.9 Å². The molecule has 1 fully saturated rings. The van der Waals surface area contributed by atoms with E-state index in [-0.39, 0.29) is 5.92 Å². The fourth-order valence-electron chi connectivity index (χ4n) is 1.42. The molecule has 1 heterocycles. The molecule has 1 aromatic rings. The van der Waals surface area contributed by atoms with Crippen molar-refractivity contribution in [3.63, 3.8) is 0 Å². The quantitative estimate of drug-likeness (QED) is 0.656. The van der Waals surface area contributed by atoms with Gasteiger partial charge in [0, 0.05) is 0 Å². The van der Waals surface area contributed by atoms with Crippen LogP contribution in [0.15, 0.2) is 30.3 Å². The minimum atomic E-state index is -0.00583. The van der Waals surface area contributed by atoms with E-state index in [1.54, 1.807) is 0 Å². The van der Waals surface area contributed by atoms with Gasteiger partial charge in [0.2, 0.25) is 0 Å². The van der Waals surface area contributed by atoms with Crippen LogP contribution in [0.4, 0.5) is 0 Å². The number of nitriles is 1. The van der Waals surface area contributed by atoms with Gasteiger partial charge in [-0.15, -0.1) is 0 Å². The first kappa shape index (κ1) is 8.28. The van der Waals surface area contributed by atoms with Crippen LogP contribution < -0.4 is 0 Å². The molecule has 0 radical (unpaired) electrons. The maximum Gasteiger partial charge on any atom is 0.0825 e. The molecule has 66 valence electrons. The molecular weight excluding hydrogens is 162 g/mol. The third kappa shape index (κ3) is 2.07. The van der Waals surface area contributed by atoms with Gasteiger partial charge in [-0.3, -0.25) is 0 Å². The first-order valence-electron chi connectivity index (χ1n) is 4.46. The van der Waals surface area contributed by atoms with E-state index in [1.807, 2.05) is 30.3 Å². The van der Waals surface area contributed by atoms with Crippen molar-refractivity contribution in [1.29, 1.82) is 5.26 Å². The Bertz CT molecular complexity index is 311. The molecule has 2 rings (SSSR count). The maximum atomic E-state index is 8.95. The molecule has 0 aliphatic carbocycles. The Morgan fingerprint density at radius 3 is 2.69 bits per heavy atom. The number of ether oxygens (including phenoxy) is 1. The smallest absolute Gasteiger partial charge is 0.0825 e. The van der Waals surface area contributed by atoms with Crippen LogP contribution in [-0.4, -0.2) is 12.7 Å². The second-order valence-electron chi connectivity index (χ2n) is 3.28. The number of benzene rings is 1. The molecule has 13 heavy (non-hydrogen) atoms. The third-order valence-corrected chi connectivity index (χ3v) is 2.26. The Kier molecular flexibility index (Phi) is 2.29. The summed E-state index contributed by atoms with van der Waals surface area (Å²) in [4.78, 5) is 0. The summed E-state index contributed by atoms with van der Waals surface area (Å²) in [6, 6.07) is 12.2. The van der Waals surface area contributed by atoms with E-state index < -0.39 is 0 Å². The molecule has 0 amide bonds. The van der Waals surface area contributed by atoms with Crippen LogP contribution in [0.2, 0.25) is 0 Å². The first-order chi connectivity index (χ1) is 6.40. The van der Waals surface area contributed by atoms with Crippen molar-refractivity contribution in [3.8, 4) is 6.07 Å². The average Bonchev–Trinajstić information content (AvgIpc) is 2.99. The standard InChI is InChI=1S/C11H11NO/c12-7-10(6-11-8-13-11)9-4-2-1-3-5-9/h1-5,10-11H,6,8H2/t10-,11-/m0/s1. The Hall–Kier alpha value is -1.33. The van der Waals surface area contributed by atoms with E-state index in [0.29, 0.717) is 6.10 Å². The van der Waals surface area contributed by atoms with Crippen molar-refractivity contribution < 1.29 is 4.74 Å². The molecule has 0 N–H and O–H groups in total. The minimum absolute atomic E-state index is 0.00583. The summed E-state index contributed by atoms with van der Waals surface area (Å²) in [6.07, 6.45) is 1.16. The van der Waals surface area contributed by atoms with Gasteiger partial charge in [-0.1, -0.05) is 30.3 Å². The van der Waals surface area contributed by atoms with E-state index in [0.717, 1.165) is 18.6 Å². The third-order valence-electron chi connectivity index (χ3n) is 2.26. The van der Waals surface area contributed by atoms with Gasteiger partial charge in [0.15, 0.2) is 0 Å². The largest absolute Gasteiger partial charge is 0.373 e. The lowest BCUT2D eigenvalue weighted by molar-refractivity contribution is 0.391. The Morgan fingerprint density at radius 1 is 1.46 bits per heavy atom. The number of rotatable bonds is 3. The minimum Gasteiger partial charge on any atom is -0.373 e. The zero-order chi connectivity index (χ0) is 9.10. The molecular formula is C11H11NO. The lowest BCUT2D eigenvalue weighted by Crippen LogP contribution is -1.99. The zero-order valence-electron chi connectivity index (χ0n) is 7.31. The number of hydrogen-bond donors (Lipinski definition) is 0. The SMILES string of the molecule is N#C[C@H](C[C@H]1CO1)c1ccccc1. The molecule has 0 saturated carbocycles. The molecule has 1 aliphatic heterocycles. The van der Waals surface area contributed by atoms with Crippen molar-refractivity contribution in [2.24, 2.45) is 0 Å². The summed E-state index contributed by atoms with van der Waals surface area (Å²) in [5.74, 6) is -0.00583. The van der Waals surface area contributed by atoms with Crippen LogP contribution in [0.5, 0.6) is 0 Å². The summed E-state index contributed by atoms with van der Waals surface area (Å²) < 4.78 is 5.11. The lowest BCUT2D eigenvalue weighted by Gasteiger charge is -2.06.